The Balaban J connectivity index is 1.57. The zero-order chi connectivity index (χ0) is 31.9. The fraction of sp³-hybridized carbons (Fsp3) is 0.609. The number of fused-ring (bicyclic) bond motifs is 1. The number of rotatable bonds is 12. The van der Waals surface area contributed by atoms with Crippen molar-refractivity contribution in [2.24, 2.45) is 7.05 Å². The zero-order valence-corrected chi connectivity index (χ0v) is 26.0. The van der Waals surface area contributed by atoms with Crippen molar-refractivity contribution in [3.05, 3.63) is 22.5 Å². The molecule has 43 heavy (non-hydrogen) atoms. The van der Waals surface area contributed by atoms with E-state index in [4.69, 9.17) is 24.5 Å². The molecule has 0 aromatic carbocycles. The molecule has 0 amide bonds. The van der Waals surface area contributed by atoms with Crippen molar-refractivity contribution >= 4 is 41.2 Å². The molecule has 0 spiro atoms. The Bertz CT molecular complexity index is 1590. The van der Waals surface area contributed by atoms with Crippen LogP contribution in [0.3, 0.4) is 0 Å². The number of nitrogens with two attached hydrogens (primary N) is 1. The lowest BCUT2D eigenvalue weighted by Crippen LogP contribution is -2.44. The molecular weight excluding hydrogens is 611 g/mol. The standard InChI is InChI=1S/C23H35N8O10PS/c1-10(2)40-19(34)11(3)29-42(37,43-8-12-17(33)27-22(35)30(12)5)39-7-13-15(32)23(4,36)20(41-13)31-9-25-14-16(31)26-21(24)28-18(14)38-6/h9-11,13,15,20,32-33,36H,7-8H2,1-6H3,(H,27,35)(H,29,37)(H2,24,26,28)/t11?,13?,15-,20-,23-,42?/m1/s1. The van der Waals surface area contributed by atoms with Crippen molar-refractivity contribution in [1.82, 2.24) is 34.2 Å². The van der Waals surface area contributed by atoms with Gasteiger partial charge in [0.25, 0.3) is 0 Å². The van der Waals surface area contributed by atoms with Crippen LogP contribution < -0.4 is 21.2 Å². The number of esters is 1. The molecule has 1 fully saturated rings. The number of hydrogen-bond acceptors (Lipinski definition) is 15. The van der Waals surface area contributed by atoms with E-state index in [1.807, 2.05) is 0 Å². The molecule has 0 saturated carbocycles. The lowest BCUT2D eigenvalue weighted by atomic mass is 9.96. The first-order valence-electron chi connectivity index (χ1n) is 13.0. The Morgan fingerprint density at radius 2 is 2.07 bits per heavy atom. The minimum atomic E-state index is -4.05. The van der Waals surface area contributed by atoms with Gasteiger partial charge in [-0.3, -0.25) is 23.5 Å². The van der Waals surface area contributed by atoms with E-state index in [0.717, 1.165) is 4.57 Å². The molecule has 0 radical (unpaired) electrons. The summed E-state index contributed by atoms with van der Waals surface area (Å²) < 4.78 is 38.6. The van der Waals surface area contributed by atoms with Crippen LogP contribution in [0.2, 0.25) is 0 Å². The number of nitrogen functional groups attached to an aromatic ring is 1. The number of aromatic nitrogens is 6. The molecule has 0 bridgehead atoms. The molecule has 238 valence electrons. The van der Waals surface area contributed by atoms with Crippen molar-refractivity contribution in [3.8, 4) is 11.8 Å². The maximum Gasteiger partial charge on any atom is 0.328 e. The topological polar surface area (TPSA) is 251 Å². The average Bonchev–Trinajstić information content (AvgIpc) is 3.52. The minimum Gasteiger partial charge on any atom is -0.493 e. The second-order valence-corrected chi connectivity index (χ2v) is 14.6. The van der Waals surface area contributed by atoms with Crippen LogP contribution in [0.25, 0.3) is 11.2 Å². The van der Waals surface area contributed by atoms with E-state index in [2.05, 4.69) is 25.0 Å². The van der Waals surface area contributed by atoms with Crippen LogP contribution in [0.5, 0.6) is 11.8 Å². The van der Waals surface area contributed by atoms with Crippen LogP contribution in [0, 0.1) is 0 Å². The van der Waals surface area contributed by atoms with Gasteiger partial charge in [-0.05, 0) is 39.1 Å². The third kappa shape index (κ3) is 6.67. The van der Waals surface area contributed by atoms with Gasteiger partial charge in [0, 0.05) is 12.8 Å². The van der Waals surface area contributed by atoms with Gasteiger partial charge < -0.3 is 39.8 Å². The van der Waals surface area contributed by atoms with Crippen molar-refractivity contribution in [2.45, 2.75) is 69.6 Å². The highest BCUT2D eigenvalue weighted by Crippen LogP contribution is 2.58. The number of hydrogen-bond donors (Lipinski definition) is 6. The number of carbonyl (C=O) groups excluding carboxylic acids is 1. The first kappa shape index (κ1) is 32.7. The van der Waals surface area contributed by atoms with Gasteiger partial charge in [-0.1, -0.05) is 0 Å². The molecule has 4 heterocycles. The zero-order valence-electron chi connectivity index (χ0n) is 24.2. The largest absolute Gasteiger partial charge is 0.493 e. The predicted octanol–water partition coefficient (Wildman–Crippen LogP) is 0.147. The summed E-state index contributed by atoms with van der Waals surface area (Å²) in [5.41, 5.74) is 3.83. The molecule has 3 unspecified atom stereocenters. The van der Waals surface area contributed by atoms with Crippen molar-refractivity contribution in [3.63, 3.8) is 0 Å². The third-order valence-electron chi connectivity index (χ3n) is 6.65. The van der Waals surface area contributed by atoms with Crippen molar-refractivity contribution in [2.75, 3.05) is 19.5 Å². The van der Waals surface area contributed by atoms with Crippen LogP contribution in [0.1, 0.15) is 39.6 Å². The first-order valence-corrected chi connectivity index (χ1v) is 16.2. The van der Waals surface area contributed by atoms with Gasteiger partial charge in [0.15, 0.2) is 17.4 Å². The third-order valence-corrected chi connectivity index (χ3v) is 10.6. The number of nitrogens with zero attached hydrogens (tertiary/aromatic N) is 5. The second-order valence-electron chi connectivity index (χ2n) is 10.3. The summed E-state index contributed by atoms with van der Waals surface area (Å²) in [6, 6.07) is -1.09. The van der Waals surface area contributed by atoms with E-state index >= 15 is 0 Å². The second kappa shape index (κ2) is 12.4. The fourth-order valence-electron chi connectivity index (χ4n) is 4.36. The van der Waals surface area contributed by atoms with Gasteiger partial charge >= 0.3 is 18.4 Å². The van der Waals surface area contributed by atoms with Gasteiger partial charge in [-0.25, -0.2) is 14.9 Å². The smallest absolute Gasteiger partial charge is 0.328 e. The maximum atomic E-state index is 14.0. The highest BCUT2D eigenvalue weighted by molar-refractivity contribution is 8.55. The normalized spacial score (nSPS) is 24.3. The monoisotopic (exact) mass is 646 g/mol. The van der Waals surface area contributed by atoms with E-state index in [9.17, 15) is 29.5 Å². The van der Waals surface area contributed by atoms with E-state index in [0.29, 0.717) is 11.4 Å². The number of H-pyrrole nitrogens is 1. The SMILES string of the molecule is COc1nc(N)nc2c1ncn2[C@@H]1OC(COP(=O)(NC(C)C(=O)OC(C)C)SCc2c(O)[nH]c(=O)n2C)[C@@H](O)[C@@]1(C)O. The lowest BCUT2D eigenvalue weighted by Gasteiger charge is -2.27. The molecule has 1 aliphatic rings. The Morgan fingerprint density at radius 1 is 1.37 bits per heavy atom. The van der Waals surface area contributed by atoms with Gasteiger partial charge in [0.05, 0.1) is 31.8 Å². The molecule has 3 aromatic rings. The Morgan fingerprint density at radius 3 is 2.67 bits per heavy atom. The van der Waals surface area contributed by atoms with Gasteiger partial charge in [-0.2, -0.15) is 9.97 Å². The number of aromatic amines is 1. The molecule has 7 N–H and O–H groups in total. The Hall–Kier alpha value is -3.19. The molecule has 6 atom stereocenters. The minimum absolute atomic E-state index is 0.0967. The molecule has 1 saturated heterocycles. The van der Waals surface area contributed by atoms with Crippen LogP contribution in [-0.2, 0) is 36.2 Å². The summed E-state index contributed by atoms with van der Waals surface area (Å²) >= 11 is 0.689. The molecule has 20 heteroatoms. The number of ether oxygens (including phenoxy) is 3. The summed E-state index contributed by atoms with van der Waals surface area (Å²) in [7, 11) is 2.79. The number of anilines is 1. The molecule has 3 aromatic heterocycles. The predicted molar refractivity (Wildman–Crippen MR) is 153 cm³/mol. The number of aromatic hydroxyl groups is 1. The van der Waals surface area contributed by atoms with Gasteiger partial charge in [-0.15, -0.1) is 0 Å². The molecule has 0 aliphatic carbocycles. The van der Waals surface area contributed by atoms with E-state index in [1.165, 1.54) is 38.9 Å². The molecular formula is C23H35N8O10PS. The van der Waals surface area contributed by atoms with Crippen LogP contribution in [0.15, 0.2) is 11.1 Å². The maximum absolute atomic E-state index is 14.0. The number of aliphatic hydroxyl groups is 2. The molecule has 1 aliphatic heterocycles. The van der Waals surface area contributed by atoms with Crippen molar-refractivity contribution < 1.29 is 43.4 Å². The van der Waals surface area contributed by atoms with Gasteiger partial charge in [0.2, 0.25) is 17.7 Å². The number of aliphatic hydroxyl groups excluding tert-OH is 1. The summed E-state index contributed by atoms with van der Waals surface area (Å²) in [5.74, 6) is -1.31. The van der Waals surface area contributed by atoms with E-state index < -0.39 is 67.1 Å². The highest BCUT2D eigenvalue weighted by Gasteiger charge is 2.54. The van der Waals surface area contributed by atoms with E-state index in [1.54, 1.807) is 13.8 Å². The lowest BCUT2D eigenvalue weighted by molar-refractivity contribution is -0.149. The summed E-state index contributed by atoms with van der Waals surface area (Å²) in [6.45, 7) is 1.52. The molecule has 18 nitrogen and oxygen atoms in total. The van der Waals surface area contributed by atoms with Crippen LogP contribution in [-0.4, -0.2) is 94.0 Å². The number of nitrogens with one attached hydrogen (secondary N) is 2. The molecule has 4 rings (SSSR count). The van der Waals surface area contributed by atoms with E-state index in [-0.39, 0.29) is 34.4 Å². The Labute approximate surface area is 249 Å². The first-order chi connectivity index (χ1) is 20.1. The van der Waals surface area contributed by atoms with Crippen LogP contribution in [0.4, 0.5) is 5.95 Å². The van der Waals surface area contributed by atoms with Crippen LogP contribution >= 0.6 is 18.1 Å². The number of carbonyl (C=O) groups is 1. The highest BCUT2D eigenvalue weighted by atomic mass is 32.7. The van der Waals surface area contributed by atoms with Gasteiger partial charge in [0.1, 0.15) is 23.9 Å². The summed E-state index contributed by atoms with van der Waals surface area (Å²) in [4.78, 5) is 38.9. The fourth-order valence-corrected chi connectivity index (χ4v) is 8.11. The quantitative estimate of drug-likeness (QED) is 0.113. The number of methoxy groups -OCH3 is 1. The van der Waals surface area contributed by atoms with Crippen molar-refractivity contribution in [1.29, 1.82) is 0 Å². The average molecular weight is 647 g/mol. The summed E-state index contributed by atoms with van der Waals surface area (Å²) in [5, 5.41) is 35.0. The Kier molecular flexibility index (Phi) is 9.46. The summed E-state index contributed by atoms with van der Waals surface area (Å²) in [6.07, 6.45) is -3.14. The number of imidazole rings is 2.